The van der Waals surface area contributed by atoms with E-state index >= 15 is 0 Å². The molecule has 0 aliphatic carbocycles. The zero-order chi connectivity index (χ0) is 17.7. The van der Waals surface area contributed by atoms with E-state index in [2.05, 4.69) is 0 Å². The maximum Gasteiger partial charge on any atom is 0.320 e. The third-order valence-corrected chi connectivity index (χ3v) is 3.15. The summed E-state index contributed by atoms with van der Waals surface area (Å²) in [5.74, 6) is -2.15. The molecule has 0 spiro atoms. The summed E-state index contributed by atoms with van der Waals surface area (Å²) in [6.07, 6.45) is -0.0859. The van der Waals surface area contributed by atoms with Crippen LogP contribution < -0.4 is 5.73 Å². The molecule has 1 unspecified atom stereocenters. The minimum Gasteiger partial charge on any atom is -0.480 e. The fourth-order valence-electron chi connectivity index (χ4n) is 2.02. The van der Waals surface area contributed by atoms with E-state index in [1.165, 1.54) is 0 Å². The molecule has 0 fully saturated rings. The molecule has 0 aliphatic rings. The summed E-state index contributed by atoms with van der Waals surface area (Å²) < 4.78 is 0. The molecule has 0 saturated carbocycles. The SMILES string of the molecule is CC(CC(=O)c1cc([N+](=O)[O-])cc([N+](=O)[O-])c1)C[C@H](N)C(=O)O. The molecule has 1 aromatic rings. The largest absolute Gasteiger partial charge is 0.480 e. The minimum atomic E-state index is -1.20. The van der Waals surface area contributed by atoms with Crippen LogP contribution in [-0.2, 0) is 4.79 Å². The number of hydrogen-bond donors (Lipinski definition) is 2. The van der Waals surface area contributed by atoms with Crippen molar-refractivity contribution in [3.63, 3.8) is 0 Å². The molecule has 0 amide bonds. The molecule has 2 atom stereocenters. The Morgan fingerprint density at radius 2 is 1.65 bits per heavy atom. The van der Waals surface area contributed by atoms with Gasteiger partial charge in [0, 0.05) is 24.1 Å². The van der Waals surface area contributed by atoms with Crippen LogP contribution in [0.4, 0.5) is 11.4 Å². The Labute approximate surface area is 130 Å². The van der Waals surface area contributed by atoms with Gasteiger partial charge in [-0.05, 0) is 12.3 Å². The molecule has 0 radical (unpaired) electrons. The molecule has 1 aromatic carbocycles. The number of carboxylic acids is 1. The lowest BCUT2D eigenvalue weighted by molar-refractivity contribution is -0.394. The average Bonchev–Trinajstić information content (AvgIpc) is 2.46. The van der Waals surface area contributed by atoms with E-state index in [0.717, 1.165) is 18.2 Å². The summed E-state index contributed by atoms with van der Waals surface area (Å²) in [4.78, 5) is 42.7. The molecule has 0 heterocycles. The molecule has 10 heteroatoms. The first-order valence-corrected chi connectivity index (χ1v) is 6.57. The molecular weight excluding hydrogens is 310 g/mol. The van der Waals surface area contributed by atoms with E-state index in [9.17, 15) is 29.8 Å². The molecule has 0 aliphatic heterocycles. The Hall–Kier alpha value is -2.88. The number of aliphatic carboxylic acids is 1. The van der Waals surface area contributed by atoms with Crippen LogP contribution in [-0.4, -0.2) is 32.7 Å². The Balaban J connectivity index is 2.96. The first-order valence-electron chi connectivity index (χ1n) is 6.57. The number of nitro groups is 2. The van der Waals surface area contributed by atoms with Crippen molar-refractivity contribution in [1.82, 2.24) is 0 Å². The number of non-ortho nitro benzene ring substituents is 2. The van der Waals surface area contributed by atoms with E-state index in [0.29, 0.717) is 0 Å². The van der Waals surface area contributed by atoms with Crippen LogP contribution in [0.2, 0.25) is 0 Å². The van der Waals surface area contributed by atoms with E-state index in [1.807, 2.05) is 0 Å². The molecule has 0 bridgehead atoms. The van der Waals surface area contributed by atoms with E-state index < -0.39 is 44.9 Å². The maximum absolute atomic E-state index is 12.1. The lowest BCUT2D eigenvalue weighted by Crippen LogP contribution is -2.32. The lowest BCUT2D eigenvalue weighted by atomic mass is 9.94. The van der Waals surface area contributed by atoms with Gasteiger partial charge in [0.05, 0.1) is 15.9 Å². The molecule has 3 N–H and O–H groups in total. The van der Waals surface area contributed by atoms with Gasteiger partial charge in [-0.25, -0.2) is 0 Å². The second-order valence-electron chi connectivity index (χ2n) is 5.17. The average molecular weight is 325 g/mol. The highest BCUT2D eigenvalue weighted by Gasteiger charge is 2.22. The molecule has 10 nitrogen and oxygen atoms in total. The lowest BCUT2D eigenvalue weighted by Gasteiger charge is -2.13. The Morgan fingerprint density at radius 1 is 1.17 bits per heavy atom. The predicted octanol–water partition coefficient (Wildman–Crippen LogP) is 1.51. The van der Waals surface area contributed by atoms with Crippen molar-refractivity contribution >= 4 is 23.1 Å². The van der Waals surface area contributed by atoms with Gasteiger partial charge in [-0.1, -0.05) is 6.92 Å². The highest BCUT2D eigenvalue weighted by Crippen LogP contribution is 2.24. The van der Waals surface area contributed by atoms with Crippen LogP contribution in [0, 0.1) is 26.1 Å². The number of ketones is 1. The van der Waals surface area contributed by atoms with Gasteiger partial charge in [-0.3, -0.25) is 29.8 Å². The van der Waals surface area contributed by atoms with Gasteiger partial charge in [-0.15, -0.1) is 0 Å². The second-order valence-corrected chi connectivity index (χ2v) is 5.17. The summed E-state index contributed by atoms with van der Waals surface area (Å²) in [6.45, 7) is 1.60. The number of rotatable bonds is 8. The van der Waals surface area contributed by atoms with Crippen molar-refractivity contribution in [3.8, 4) is 0 Å². The first kappa shape index (κ1) is 18.2. The summed E-state index contributed by atoms with van der Waals surface area (Å²) in [6, 6.07) is 1.55. The van der Waals surface area contributed by atoms with E-state index in [-0.39, 0.29) is 18.4 Å². The van der Waals surface area contributed by atoms with Crippen LogP contribution in [0.5, 0.6) is 0 Å². The van der Waals surface area contributed by atoms with Crippen molar-refractivity contribution in [1.29, 1.82) is 0 Å². The number of nitro benzene ring substituents is 2. The molecule has 1 rings (SSSR count). The number of hydrogen-bond acceptors (Lipinski definition) is 7. The van der Waals surface area contributed by atoms with Crippen LogP contribution in [0.1, 0.15) is 30.1 Å². The quantitative estimate of drug-likeness (QED) is 0.412. The maximum atomic E-state index is 12.1. The molecule has 0 aromatic heterocycles. The Morgan fingerprint density at radius 3 is 2.04 bits per heavy atom. The molecule has 124 valence electrons. The fraction of sp³-hybridized carbons (Fsp3) is 0.385. The van der Waals surface area contributed by atoms with Crippen molar-refractivity contribution < 1.29 is 24.5 Å². The number of benzene rings is 1. The van der Waals surface area contributed by atoms with Crippen molar-refractivity contribution in [2.24, 2.45) is 11.7 Å². The van der Waals surface area contributed by atoms with E-state index in [1.54, 1.807) is 6.92 Å². The minimum absolute atomic E-state index is 0.0398. The third-order valence-electron chi connectivity index (χ3n) is 3.15. The summed E-state index contributed by atoms with van der Waals surface area (Å²) in [7, 11) is 0. The topological polar surface area (TPSA) is 167 Å². The molecule has 0 saturated heterocycles. The van der Waals surface area contributed by atoms with Crippen LogP contribution in [0.15, 0.2) is 18.2 Å². The number of nitrogens with zero attached hydrogens (tertiary/aromatic N) is 2. The van der Waals surface area contributed by atoms with Gasteiger partial charge in [0.2, 0.25) is 0 Å². The standard InChI is InChI=1S/C13H15N3O7/c1-7(2-11(14)13(18)19)3-12(17)8-4-9(15(20)21)6-10(5-8)16(22)23/h4-7,11H,2-3,14H2,1H3,(H,18,19)/t7?,11-/m0/s1. The van der Waals surface area contributed by atoms with Gasteiger partial charge in [-0.2, -0.15) is 0 Å². The van der Waals surface area contributed by atoms with Gasteiger partial charge in [0.15, 0.2) is 5.78 Å². The zero-order valence-electron chi connectivity index (χ0n) is 12.2. The van der Waals surface area contributed by atoms with Gasteiger partial charge >= 0.3 is 5.97 Å². The molecule has 23 heavy (non-hydrogen) atoms. The third kappa shape index (κ3) is 5.11. The monoisotopic (exact) mass is 325 g/mol. The van der Waals surface area contributed by atoms with E-state index in [4.69, 9.17) is 10.8 Å². The number of nitrogens with two attached hydrogens (primary N) is 1. The van der Waals surface area contributed by atoms with Gasteiger partial charge < -0.3 is 10.8 Å². The van der Waals surface area contributed by atoms with Gasteiger partial charge in [0.1, 0.15) is 6.04 Å². The van der Waals surface area contributed by atoms with Crippen molar-refractivity contribution in [3.05, 3.63) is 44.0 Å². The van der Waals surface area contributed by atoms with Gasteiger partial charge in [0.25, 0.3) is 11.4 Å². The van der Waals surface area contributed by atoms with Crippen molar-refractivity contribution in [2.75, 3.05) is 0 Å². The second kappa shape index (κ2) is 7.40. The summed E-state index contributed by atoms with van der Waals surface area (Å²) >= 11 is 0. The highest BCUT2D eigenvalue weighted by atomic mass is 16.6. The normalized spacial score (nSPS) is 13.1. The Kier molecular flexibility index (Phi) is 5.85. The summed E-state index contributed by atoms with van der Waals surface area (Å²) in [5, 5.41) is 30.3. The van der Waals surface area contributed by atoms with Crippen LogP contribution >= 0.6 is 0 Å². The Bertz CT molecular complexity index is 627. The number of Topliss-reactive ketones (excluding diaryl/α,β-unsaturated/α-hetero) is 1. The zero-order valence-corrected chi connectivity index (χ0v) is 12.2. The number of carbonyl (C=O) groups is 2. The summed E-state index contributed by atoms with van der Waals surface area (Å²) in [5.41, 5.74) is 4.09. The molecular formula is C13H15N3O7. The fourth-order valence-corrected chi connectivity index (χ4v) is 2.02. The number of carboxylic acid groups (broad SMARTS) is 1. The number of carbonyl (C=O) groups excluding carboxylic acids is 1. The van der Waals surface area contributed by atoms with Crippen LogP contribution in [0.25, 0.3) is 0 Å². The van der Waals surface area contributed by atoms with Crippen LogP contribution in [0.3, 0.4) is 0 Å². The highest BCUT2D eigenvalue weighted by molar-refractivity contribution is 5.97. The first-order chi connectivity index (χ1) is 10.6. The predicted molar refractivity (Wildman–Crippen MR) is 78.1 cm³/mol. The smallest absolute Gasteiger partial charge is 0.320 e. The van der Waals surface area contributed by atoms with Crippen molar-refractivity contribution in [2.45, 2.75) is 25.8 Å².